The van der Waals surface area contributed by atoms with E-state index in [-0.39, 0.29) is 0 Å². The first-order chi connectivity index (χ1) is 10.2. The molecule has 0 aromatic heterocycles. The van der Waals surface area contributed by atoms with E-state index in [4.69, 9.17) is 4.74 Å². The molecule has 0 saturated carbocycles. The van der Waals surface area contributed by atoms with Crippen LogP contribution >= 0.6 is 15.9 Å². The molecule has 0 aliphatic carbocycles. The Morgan fingerprint density at radius 3 is 2.95 bits per heavy atom. The lowest BCUT2D eigenvalue weighted by molar-refractivity contribution is 0.00509. The van der Waals surface area contributed by atoms with Gasteiger partial charge in [0, 0.05) is 30.2 Å². The molecule has 21 heavy (non-hydrogen) atoms. The van der Waals surface area contributed by atoms with Gasteiger partial charge in [0.1, 0.15) is 0 Å². The molecule has 0 radical (unpaired) electrons. The van der Waals surface area contributed by atoms with Gasteiger partial charge in [0.15, 0.2) is 0 Å². The van der Waals surface area contributed by atoms with Crippen molar-refractivity contribution in [2.24, 2.45) is 0 Å². The molecule has 1 heterocycles. The fraction of sp³-hybridized carbons (Fsp3) is 0.647. The summed E-state index contributed by atoms with van der Waals surface area (Å²) in [5, 5.41) is 3.45. The van der Waals surface area contributed by atoms with Crippen LogP contribution in [0.4, 0.5) is 0 Å². The molecular weight excluding hydrogens is 328 g/mol. The van der Waals surface area contributed by atoms with Crippen molar-refractivity contribution in [3.8, 4) is 0 Å². The summed E-state index contributed by atoms with van der Waals surface area (Å²) >= 11 is 3.66. The van der Waals surface area contributed by atoms with Gasteiger partial charge in [-0.2, -0.15) is 0 Å². The molecule has 3 nitrogen and oxygen atoms in total. The minimum atomic E-state index is 0.396. The number of nitrogens with one attached hydrogen (secondary N) is 1. The van der Waals surface area contributed by atoms with E-state index in [1.165, 1.54) is 29.4 Å². The zero-order chi connectivity index (χ0) is 15.1. The highest BCUT2D eigenvalue weighted by Gasteiger charge is 2.21. The fourth-order valence-corrected chi connectivity index (χ4v) is 3.67. The van der Waals surface area contributed by atoms with Crippen LogP contribution in [0.2, 0.25) is 0 Å². The molecule has 1 fully saturated rings. The summed E-state index contributed by atoms with van der Waals surface area (Å²) < 4.78 is 6.98. The summed E-state index contributed by atoms with van der Waals surface area (Å²) in [6.45, 7) is 6.32. The Hall–Kier alpha value is -0.420. The molecule has 0 spiro atoms. The summed E-state index contributed by atoms with van der Waals surface area (Å²) in [5.41, 5.74) is 1.35. The smallest absolute Gasteiger partial charge is 0.0702 e. The van der Waals surface area contributed by atoms with Crippen molar-refractivity contribution >= 4 is 15.9 Å². The second-order valence-corrected chi connectivity index (χ2v) is 6.53. The SMILES string of the molecule is CCOC1CCCN(CCC(NC)c2ccccc2Br)C1. The largest absolute Gasteiger partial charge is 0.377 e. The summed E-state index contributed by atoms with van der Waals surface area (Å²) in [5.74, 6) is 0. The van der Waals surface area contributed by atoms with Crippen molar-refractivity contribution < 1.29 is 4.74 Å². The maximum Gasteiger partial charge on any atom is 0.0702 e. The molecule has 118 valence electrons. The van der Waals surface area contributed by atoms with Crippen molar-refractivity contribution in [1.82, 2.24) is 10.2 Å². The number of hydrogen-bond acceptors (Lipinski definition) is 3. The number of nitrogens with zero attached hydrogens (tertiary/aromatic N) is 1. The average molecular weight is 355 g/mol. The van der Waals surface area contributed by atoms with Gasteiger partial charge >= 0.3 is 0 Å². The molecule has 1 N–H and O–H groups in total. The Kier molecular flexibility index (Phi) is 7.17. The quantitative estimate of drug-likeness (QED) is 0.809. The second-order valence-electron chi connectivity index (χ2n) is 5.67. The third kappa shape index (κ3) is 5.06. The van der Waals surface area contributed by atoms with Crippen molar-refractivity contribution in [2.75, 3.05) is 33.3 Å². The third-order valence-corrected chi connectivity index (χ3v) is 4.95. The molecule has 4 heteroatoms. The fourth-order valence-electron chi connectivity index (χ4n) is 3.11. The van der Waals surface area contributed by atoms with Gasteiger partial charge in [-0.25, -0.2) is 0 Å². The number of likely N-dealkylation sites (tertiary alicyclic amines) is 1. The minimum Gasteiger partial charge on any atom is -0.377 e. The first-order valence-corrected chi connectivity index (χ1v) is 8.79. The standard InChI is InChI=1S/C17H27BrN2O/c1-3-21-14-7-6-11-20(13-14)12-10-17(19-2)15-8-4-5-9-16(15)18/h4-5,8-9,14,17,19H,3,6-7,10-13H2,1-2H3. The second kappa shape index (κ2) is 8.89. The van der Waals surface area contributed by atoms with Crippen LogP contribution in [-0.2, 0) is 4.74 Å². The molecule has 2 atom stereocenters. The van der Waals surface area contributed by atoms with E-state index in [9.17, 15) is 0 Å². The van der Waals surface area contributed by atoms with Crippen LogP contribution in [0.3, 0.4) is 0 Å². The van der Waals surface area contributed by atoms with Crippen molar-refractivity contribution in [2.45, 2.75) is 38.3 Å². The monoisotopic (exact) mass is 354 g/mol. The van der Waals surface area contributed by atoms with Crippen LogP contribution in [0.5, 0.6) is 0 Å². The van der Waals surface area contributed by atoms with E-state index in [0.717, 1.165) is 26.1 Å². The molecule has 2 rings (SSSR count). The molecular formula is C17H27BrN2O. The van der Waals surface area contributed by atoms with Crippen molar-refractivity contribution in [1.29, 1.82) is 0 Å². The van der Waals surface area contributed by atoms with Gasteiger partial charge in [0.25, 0.3) is 0 Å². The van der Waals surface area contributed by atoms with E-state index in [0.29, 0.717) is 12.1 Å². The molecule has 2 unspecified atom stereocenters. The topological polar surface area (TPSA) is 24.5 Å². The Balaban J connectivity index is 1.87. The minimum absolute atomic E-state index is 0.396. The highest BCUT2D eigenvalue weighted by atomic mass is 79.9. The molecule has 1 aromatic carbocycles. The van der Waals surface area contributed by atoms with E-state index in [1.54, 1.807) is 0 Å². The highest BCUT2D eigenvalue weighted by Crippen LogP contribution is 2.26. The normalized spacial score (nSPS) is 21.4. The van der Waals surface area contributed by atoms with E-state index in [2.05, 4.69) is 57.3 Å². The Bertz CT molecular complexity index is 425. The number of piperidine rings is 1. The lowest BCUT2D eigenvalue weighted by Crippen LogP contribution is -2.41. The van der Waals surface area contributed by atoms with E-state index in [1.807, 2.05) is 7.05 Å². The van der Waals surface area contributed by atoms with Crippen LogP contribution in [-0.4, -0.2) is 44.3 Å². The Morgan fingerprint density at radius 1 is 1.43 bits per heavy atom. The highest BCUT2D eigenvalue weighted by molar-refractivity contribution is 9.10. The molecule has 1 aliphatic heterocycles. The Morgan fingerprint density at radius 2 is 2.24 bits per heavy atom. The molecule has 0 bridgehead atoms. The van der Waals surface area contributed by atoms with E-state index < -0.39 is 0 Å². The number of rotatable bonds is 7. The van der Waals surface area contributed by atoms with Gasteiger partial charge in [-0.1, -0.05) is 34.1 Å². The lowest BCUT2D eigenvalue weighted by Gasteiger charge is -2.33. The van der Waals surface area contributed by atoms with Gasteiger partial charge in [-0.15, -0.1) is 0 Å². The summed E-state index contributed by atoms with van der Waals surface area (Å²) in [7, 11) is 2.04. The molecule has 0 amide bonds. The third-order valence-electron chi connectivity index (χ3n) is 4.23. The lowest BCUT2D eigenvalue weighted by atomic mass is 10.0. The number of halogens is 1. The first-order valence-electron chi connectivity index (χ1n) is 8.00. The average Bonchev–Trinajstić information content (AvgIpc) is 2.50. The van der Waals surface area contributed by atoms with E-state index >= 15 is 0 Å². The van der Waals surface area contributed by atoms with Gasteiger partial charge < -0.3 is 15.0 Å². The first kappa shape index (κ1) is 16.9. The zero-order valence-corrected chi connectivity index (χ0v) is 14.7. The van der Waals surface area contributed by atoms with Gasteiger partial charge in [0.2, 0.25) is 0 Å². The summed E-state index contributed by atoms with van der Waals surface area (Å²) in [6, 6.07) is 8.89. The predicted molar refractivity (Wildman–Crippen MR) is 91.6 cm³/mol. The van der Waals surface area contributed by atoms with Crippen molar-refractivity contribution in [3.05, 3.63) is 34.3 Å². The van der Waals surface area contributed by atoms with Gasteiger partial charge in [-0.3, -0.25) is 0 Å². The van der Waals surface area contributed by atoms with Gasteiger partial charge in [-0.05, 0) is 51.4 Å². The predicted octanol–water partition coefficient (Wildman–Crippen LogP) is 3.60. The molecule has 1 saturated heterocycles. The maximum absolute atomic E-state index is 5.79. The molecule has 1 aliphatic rings. The number of ether oxygens (including phenoxy) is 1. The number of benzene rings is 1. The summed E-state index contributed by atoms with van der Waals surface area (Å²) in [4.78, 5) is 2.55. The maximum atomic E-state index is 5.79. The van der Waals surface area contributed by atoms with Crippen LogP contribution in [0, 0.1) is 0 Å². The van der Waals surface area contributed by atoms with Crippen LogP contribution in [0.15, 0.2) is 28.7 Å². The number of hydrogen-bond donors (Lipinski definition) is 1. The Labute approximate surface area is 137 Å². The zero-order valence-electron chi connectivity index (χ0n) is 13.1. The van der Waals surface area contributed by atoms with Crippen molar-refractivity contribution in [3.63, 3.8) is 0 Å². The summed E-state index contributed by atoms with van der Waals surface area (Å²) in [6.07, 6.45) is 4.02. The van der Waals surface area contributed by atoms with Crippen LogP contribution < -0.4 is 5.32 Å². The van der Waals surface area contributed by atoms with Gasteiger partial charge in [0.05, 0.1) is 6.10 Å². The molecule has 1 aromatic rings. The van der Waals surface area contributed by atoms with Crippen LogP contribution in [0.25, 0.3) is 0 Å². The van der Waals surface area contributed by atoms with Crippen LogP contribution in [0.1, 0.15) is 37.8 Å².